The third kappa shape index (κ3) is 1.20. The van der Waals surface area contributed by atoms with Crippen molar-refractivity contribution in [3.05, 3.63) is 0 Å². The van der Waals surface area contributed by atoms with E-state index in [4.69, 9.17) is 5.73 Å². The van der Waals surface area contributed by atoms with Crippen molar-refractivity contribution >= 4 is 5.91 Å². The zero-order valence-corrected chi connectivity index (χ0v) is 4.68. The minimum Gasteiger partial charge on any atom is -0.341 e. The van der Waals surface area contributed by atoms with Crippen molar-refractivity contribution in [1.82, 2.24) is 5.32 Å². The van der Waals surface area contributed by atoms with Crippen molar-refractivity contribution in [3.8, 4) is 0 Å². The van der Waals surface area contributed by atoms with Crippen LogP contribution in [0.15, 0.2) is 0 Å². The molecule has 1 fully saturated rings. The molecule has 1 atom stereocenters. The molecule has 0 bridgehead atoms. The van der Waals surface area contributed by atoms with Crippen molar-refractivity contribution in [3.63, 3.8) is 0 Å². The highest BCUT2D eigenvalue weighted by atomic mass is 16.1. The van der Waals surface area contributed by atoms with Gasteiger partial charge in [-0.15, -0.1) is 0 Å². The fourth-order valence-electron chi connectivity index (χ4n) is 0.834. The first-order chi connectivity index (χ1) is 3.79. The predicted octanol–water partition coefficient (Wildman–Crippen LogP) is -0.429. The van der Waals surface area contributed by atoms with Gasteiger partial charge in [0.1, 0.15) is 0 Å². The zero-order valence-electron chi connectivity index (χ0n) is 4.68. The Morgan fingerprint density at radius 2 is 2.50 bits per heavy atom. The summed E-state index contributed by atoms with van der Waals surface area (Å²) < 4.78 is 0. The summed E-state index contributed by atoms with van der Waals surface area (Å²) in [4.78, 5) is 10.5. The lowest BCUT2D eigenvalue weighted by atomic mass is 10.1. The third-order valence-electron chi connectivity index (χ3n) is 1.27. The molecule has 3 N–H and O–H groups in total. The van der Waals surface area contributed by atoms with Crippen LogP contribution in [0.2, 0.25) is 0 Å². The van der Waals surface area contributed by atoms with Crippen LogP contribution in [0.1, 0.15) is 19.3 Å². The molecule has 8 heavy (non-hydrogen) atoms. The highest BCUT2D eigenvalue weighted by molar-refractivity contribution is 5.76. The van der Waals surface area contributed by atoms with Crippen LogP contribution in [0.4, 0.5) is 0 Å². The predicted molar refractivity (Wildman–Crippen MR) is 30.0 cm³/mol. The molecule has 0 saturated carbocycles. The van der Waals surface area contributed by atoms with Gasteiger partial charge in [0.15, 0.2) is 0 Å². The standard InChI is InChI=1S/C5H10N2O/c6-4-2-1-3-5(8)7-4/h4H,1-3,6H2,(H,7,8)/t4-/m0/s1. The van der Waals surface area contributed by atoms with Gasteiger partial charge < -0.3 is 11.1 Å². The van der Waals surface area contributed by atoms with E-state index in [1.165, 1.54) is 0 Å². The number of carbonyl (C=O) groups is 1. The molecule has 1 heterocycles. The molecule has 0 aromatic carbocycles. The van der Waals surface area contributed by atoms with Gasteiger partial charge in [0.25, 0.3) is 0 Å². The molecule has 1 amide bonds. The van der Waals surface area contributed by atoms with E-state index in [1.54, 1.807) is 0 Å². The van der Waals surface area contributed by atoms with E-state index in [0.717, 1.165) is 12.8 Å². The van der Waals surface area contributed by atoms with Crippen LogP contribution < -0.4 is 11.1 Å². The lowest BCUT2D eigenvalue weighted by Crippen LogP contribution is -2.44. The number of nitrogens with one attached hydrogen (secondary N) is 1. The van der Waals surface area contributed by atoms with Crippen LogP contribution in [0.25, 0.3) is 0 Å². The summed E-state index contributed by atoms with van der Waals surface area (Å²) in [5, 5.41) is 2.62. The fraction of sp³-hybridized carbons (Fsp3) is 0.800. The molecule has 0 aliphatic carbocycles. The molecule has 1 saturated heterocycles. The zero-order chi connectivity index (χ0) is 5.98. The van der Waals surface area contributed by atoms with Crippen LogP contribution in [0, 0.1) is 0 Å². The van der Waals surface area contributed by atoms with E-state index in [9.17, 15) is 4.79 Å². The van der Waals surface area contributed by atoms with Crippen molar-refractivity contribution in [2.24, 2.45) is 5.73 Å². The van der Waals surface area contributed by atoms with E-state index in [0.29, 0.717) is 6.42 Å². The summed E-state index contributed by atoms with van der Waals surface area (Å²) in [6, 6.07) is 0. The minimum atomic E-state index is -0.0868. The van der Waals surface area contributed by atoms with Crippen molar-refractivity contribution in [1.29, 1.82) is 0 Å². The van der Waals surface area contributed by atoms with Gasteiger partial charge in [-0.05, 0) is 12.8 Å². The minimum absolute atomic E-state index is 0.0868. The molecule has 0 unspecified atom stereocenters. The van der Waals surface area contributed by atoms with Gasteiger partial charge in [0, 0.05) is 6.42 Å². The van der Waals surface area contributed by atoms with Crippen LogP contribution in [-0.2, 0) is 4.79 Å². The monoisotopic (exact) mass is 114 g/mol. The largest absolute Gasteiger partial charge is 0.341 e. The smallest absolute Gasteiger partial charge is 0.221 e. The maximum Gasteiger partial charge on any atom is 0.221 e. The number of rotatable bonds is 0. The molecule has 0 aromatic rings. The van der Waals surface area contributed by atoms with Crippen LogP contribution in [-0.4, -0.2) is 12.1 Å². The number of piperidine rings is 1. The first-order valence-electron chi connectivity index (χ1n) is 2.84. The summed E-state index contributed by atoms with van der Waals surface area (Å²) >= 11 is 0. The Morgan fingerprint density at radius 1 is 1.75 bits per heavy atom. The number of hydrogen-bond acceptors (Lipinski definition) is 2. The molecule has 0 spiro atoms. The number of carbonyl (C=O) groups excluding carboxylic acids is 1. The highest BCUT2D eigenvalue weighted by Gasteiger charge is 2.12. The normalized spacial score (nSPS) is 29.6. The number of amides is 1. The Labute approximate surface area is 48.2 Å². The topological polar surface area (TPSA) is 55.1 Å². The molecule has 0 aromatic heterocycles. The molecular formula is C5H10N2O. The second-order valence-electron chi connectivity index (χ2n) is 2.07. The Hall–Kier alpha value is -0.570. The Bertz CT molecular complexity index is 103. The van der Waals surface area contributed by atoms with Crippen molar-refractivity contribution in [2.45, 2.75) is 25.4 Å². The third-order valence-corrected chi connectivity index (χ3v) is 1.27. The molecule has 1 aliphatic rings. The van der Waals surface area contributed by atoms with Crippen LogP contribution >= 0.6 is 0 Å². The van der Waals surface area contributed by atoms with Crippen LogP contribution in [0.5, 0.6) is 0 Å². The van der Waals surface area contributed by atoms with Gasteiger partial charge >= 0.3 is 0 Å². The molecule has 3 heteroatoms. The Morgan fingerprint density at radius 3 is 2.88 bits per heavy atom. The molecule has 1 aliphatic heterocycles. The first-order valence-corrected chi connectivity index (χ1v) is 2.84. The van der Waals surface area contributed by atoms with E-state index >= 15 is 0 Å². The maximum absolute atomic E-state index is 10.5. The van der Waals surface area contributed by atoms with Crippen molar-refractivity contribution in [2.75, 3.05) is 0 Å². The van der Waals surface area contributed by atoms with Gasteiger partial charge in [0.2, 0.25) is 5.91 Å². The summed E-state index contributed by atoms with van der Waals surface area (Å²) in [6.07, 6.45) is 2.42. The maximum atomic E-state index is 10.5. The average molecular weight is 114 g/mol. The fourth-order valence-corrected chi connectivity index (χ4v) is 0.834. The first kappa shape index (κ1) is 5.56. The summed E-state index contributed by atoms with van der Waals surface area (Å²) in [5.41, 5.74) is 5.39. The Balaban J connectivity index is 2.34. The molecule has 3 nitrogen and oxygen atoms in total. The summed E-state index contributed by atoms with van der Waals surface area (Å²) in [6.45, 7) is 0. The quantitative estimate of drug-likeness (QED) is 0.449. The second-order valence-corrected chi connectivity index (χ2v) is 2.07. The van der Waals surface area contributed by atoms with Gasteiger partial charge in [-0.25, -0.2) is 0 Å². The van der Waals surface area contributed by atoms with E-state index in [-0.39, 0.29) is 12.1 Å². The van der Waals surface area contributed by atoms with Gasteiger partial charge in [0.05, 0.1) is 6.17 Å². The van der Waals surface area contributed by atoms with E-state index in [1.807, 2.05) is 0 Å². The number of nitrogens with two attached hydrogens (primary N) is 1. The highest BCUT2D eigenvalue weighted by Crippen LogP contribution is 2.02. The summed E-state index contributed by atoms with van der Waals surface area (Å²) in [5.74, 6) is 0.0868. The molecule has 46 valence electrons. The number of hydrogen-bond donors (Lipinski definition) is 2. The van der Waals surface area contributed by atoms with Crippen molar-refractivity contribution < 1.29 is 4.79 Å². The van der Waals surface area contributed by atoms with E-state index < -0.39 is 0 Å². The van der Waals surface area contributed by atoms with Gasteiger partial charge in [-0.1, -0.05) is 0 Å². The molecule has 0 radical (unpaired) electrons. The lowest BCUT2D eigenvalue weighted by molar-refractivity contribution is -0.123. The lowest BCUT2D eigenvalue weighted by Gasteiger charge is -2.18. The van der Waals surface area contributed by atoms with Gasteiger partial charge in [-0.2, -0.15) is 0 Å². The van der Waals surface area contributed by atoms with Crippen LogP contribution in [0.3, 0.4) is 0 Å². The van der Waals surface area contributed by atoms with E-state index in [2.05, 4.69) is 5.32 Å². The molecular weight excluding hydrogens is 104 g/mol. The van der Waals surface area contributed by atoms with Gasteiger partial charge in [-0.3, -0.25) is 4.79 Å². The SMILES string of the molecule is N[C@@H]1CCCC(=O)N1. The Kier molecular flexibility index (Phi) is 1.48. The second kappa shape index (κ2) is 2.13. The summed E-state index contributed by atoms with van der Waals surface area (Å²) in [7, 11) is 0. The average Bonchev–Trinajstić information content (AvgIpc) is 1.64. The molecule has 1 rings (SSSR count).